The van der Waals surface area contributed by atoms with Crippen LogP contribution in [0.5, 0.6) is 0 Å². The first kappa shape index (κ1) is 28.2. The molecular formula is C33H38N6O2S. The van der Waals surface area contributed by atoms with Crippen molar-refractivity contribution in [2.75, 3.05) is 48.3 Å². The van der Waals surface area contributed by atoms with Gasteiger partial charge in [0.15, 0.2) is 0 Å². The van der Waals surface area contributed by atoms with Gasteiger partial charge in [-0.3, -0.25) is 9.59 Å². The quantitative estimate of drug-likeness (QED) is 0.285. The van der Waals surface area contributed by atoms with Crippen LogP contribution in [0.25, 0.3) is 11.1 Å². The molecule has 4 aromatic rings. The molecule has 42 heavy (non-hydrogen) atoms. The summed E-state index contributed by atoms with van der Waals surface area (Å²) in [6, 6.07) is 13.8. The number of anilines is 4. The van der Waals surface area contributed by atoms with Gasteiger partial charge in [-0.2, -0.15) is 0 Å². The minimum atomic E-state index is -0.135. The van der Waals surface area contributed by atoms with Crippen molar-refractivity contribution >= 4 is 40.1 Å². The highest BCUT2D eigenvalue weighted by molar-refractivity contribution is 7.14. The topological polar surface area (TPSA) is 82.5 Å². The Morgan fingerprint density at radius 2 is 1.83 bits per heavy atom. The molecule has 2 N–H and O–H groups in total. The van der Waals surface area contributed by atoms with Crippen LogP contribution in [0.1, 0.15) is 45.4 Å². The van der Waals surface area contributed by atoms with Crippen LogP contribution in [0.3, 0.4) is 0 Å². The van der Waals surface area contributed by atoms with E-state index >= 15 is 0 Å². The summed E-state index contributed by atoms with van der Waals surface area (Å²) in [4.78, 5) is 37.8. The van der Waals surface area contributed by atoms with Crippen LogP contribution in [-0.2, 0) is 19.9 Å². The van der Waals surface area contributed by atoms with Gasteiger partial charge in [0.05, 0.1) is 16.8 Å². The lowest BCUT2D eigenvalue weighted by atomic mass is 9.99. The maximum Gasteiger partial charge on any atom is 0.274 e. The largest absolute Gasteiger partial charge is 0.368 e. The predicted molar refractivity (Wildman–Crippen MR) is 173 cm³/mol. The van der Waals surface area contributed by atoms with Crippen molar-refractivity contribution in [3.8, 4) is 11.1 Å². The van der Waals surface area contributed by atoms with Crippen LogP contribution < -0.4 is 21.1 Å². The van der Waals surface area contributed by atoms with E-state index in [9.17, 15) is 9.59 Å². The summed E-state index contributed by atoms with van der Waals surface area (Å²) in [5.41, 5.74) is 6.28. The van der Waals surface area contributed by atoms with Crippen molar-refractivity contribution in [2.45, 2.75) is 39.5 Å². The van der Waals surface area contributed by atoms with Gasteiger partial charge in [0.2, 0.25) is 0 Å². The minimum Gasteiger partial charge on any atom is -0.368 e. The van der Waals surface area contributed by atoms with Gasteiger partial charge in [-0.1, -0.05) is 19.1 Å². The van der Waals surface area contributed by atoms with Crippen LogP contribution in [0, 0.1) is 6.92 Å². The molecule has 0 atom stereocenters. The summed E-state index contributed by atoms with van der Waals surface area (Å²) in [6.45, 7) is 9.36. The van der Waals surface area contributed by atoms with E-state index in [0.717, 1.165) is 78.5 Å². The fraction of sp³-hybridized carbons (Fsp3) is 0.364. The molecule has 8 nitrogen and oxygen atoms in total. The van der Waals surface area contributed by atoms with Gasteiger partial charge >= 0.3 is 0 Å². The monoisotopic (exact) mass is 582 g/mol. The molecular weight excluding hydrogens is 544 g/mol. The number of carbonyl (C=O) groups excluding carboxylic acids is 1. The average Bonchev–Trinajstić information content (AvgIpc) is 3.46. The fourth-order valence-corrected chi connectivity index (χ4v) is 7.08. The molecule has 1 amide bonds. The molecule has 0 bridgehead atoms. The van der Waals surface area contributed by atoms with Crippen LogP contribution in [0.2, 0.25) is 0 Å². The van der Waals surface area contributed by atoms with E-state index in [0.29, 0.717) is 11.5 Å². The molecule has 3 aromatic heterocycles. The first-order valence-corrected chi connectivity index (χ1v) is 15.6. The zero-order chi connectivity index (χ0) is 29.2. The third-order valence-corrected chi connectivity index (χ3v) is 9.73. The molecule has 0 saturated carbocycles. The highest BCUT2D eigenvalue weighted by Gasteiger charge is 2.19. The number of rotatable bonds is 7. The third kappa shape index (κ3) is 5.84. The number of thiophene rings is 1. The first-order chi connectivity index (χ1) is 20.4. The van der Waals surface area contributed by atoms with Gasteiger partial charge in [0.25, 0.3) is 11.5 Å². The van der Waals surface area contributed by atoms with Crippen LogP contribution in [0.4, 0.5) is 22.9 Å². The van der Waals surface area contributed by atoms with E-state index in [4.69, 9.17) is 0 Å². The molecule has 1 aliphatic heterocycles. The molecule has 1 aromatic carbocycles. The maximum absolute atomic E-state index is 13.2. The number of fused-ring (bicyclic) bond motifs is 1. The zero-order valence-electron chi connectivity index (χ0n) is 24.6. The summed E-state index contributed by atoms with van der Waals surface area (Å²) in [5.74, 6) is 0.552. The van der Waals surface area contributed by atoms with Crippen LogP contribution >= 0.6 is 11.3 Å². The smallest absolute Gasteiger partial charge is 0.274 e. The molecule has 2 aliphatic rings. The number of nitrogens with zero attached hydrogens (tertiary/aromatic N) is 4. The summed E-state index contributed by atoms with van der Waals surface area (Å²) < 4.78 is 1.58. The molecule has 4 heterocycles. The zero-order valence-corrected chi connectivity index (χ0v) is 25.4. The second-order valence-corrected chi connectivity index (χ2v) is 12.3. The van der Waals surface area contributed by atoms with Crippen LogP contribution in [0.15, 0.2) is 59.7 Å². The fourth-order valence-electron chi connectivity index (χ4n) is 5.93. The minimum absolute atomic E-state index is 0.0702. The molecule has 218 valence electrons. The van der Waals surface area contributed by atoms with Crippen molar-refractivity contribution in [1.82, 2.24) is 14.5 Å². The highest BCUT2D eigenvalue weighted by Crippen LogP contribution is 2.33. The number of aryl methyl sites for hydroxylation is 3. The second-order valence-electron chi connectivity index (χ2n) is 11.2. The lowest BCUT2D eigenvalue weighted by Crippen LogP contribution is -2.46. The molecule has 1 aliphatic carbocycles. The molecule has 6 rings (SSSR count). The van der Waals surface area contributed by atoms with E-state index in [1.165, 1.54) is 23.3 Å². The van der Waals surface area contributed by atoms with Gasteiger partial charge in [-0.05, 0) is 86.2 Å². The molecule has 0 unspecified atom stereocenters. The summed E-state index contributed by atoms with van der Waals surface area (Å²) in [5, 5.41) is 6.38. The number of amides is 1. The number of piperazine rings is 1. The Hall–Kier alpha value is -3.95. The van der Waals surface area contributed by atoms with Crippen molar-refractivity contribution in [3.63, 3.8) is 0 Å². The molecule has 9 heteroatoms. The van der Waals surface area contributed by atoms with Crippen molar-refractivity contribution in [1.29, 1.82) is 0 Å². The number of likely N-dealkylation sites (N-methyl/N-ethyl adjacent to an activating group) is 1. The molecule has 0 spiro atoms. The first-order valence-electron chi connectivity index (χ1n) is 14.8. The maximum atomic E-state index is 13.2. The summed E-state index contributed by atoms with van der Waals surface area (Å²) >= 11 is 1.62. The van der Waals surface area contributed by atoms with E-state index in [2.05, 4.69) is 44.5 Å². The van der Waals surface area contributed by atoms with Gasteiger partial charge in [-0.15, -0.1) is 11.3 Å². The Balaban J connectivity index is 1.20. The van der Waals surface area contributed by atoms with E-state index < -0.39 is 0 Å². The number of pyridine rings is 2. The number of benzene rings is 1. The normalized spacial score (nSPS) is 15.4. The second kappa shape index (κ2) is 12.1. The summed E-state index contributed by atoms with van der Waals surface area (Å²) in [6.07, 6.45) is 8.23. The predicted octanol–water partition coefficient (Wildman–Crippen LogP) is 5.83. The Morgan fingerprint density at radius 1 is 1.02 bits per heavy atom. The van der Waals surface area contributed by atoms with Crippen LogP contribution in [-0.4, -0.2) is 53.1 Å². The standard InChI is InChI=1S/C33H38N6O2S/c1-4-38-14-16-39(17-15-38)25-12-13-31(34-20-25)35-28-18-24(21-37(3)33(28)41)26-9-7-10-27(22(26)2)36-32(40)30-19-23-8-5-6-11-29(23)42-30/h7,9-10,12-13,18-21H,4-6,8,11,14-17H2,1-3H3,(H,34,35)(H,36,40). The van der Waals surface area contributed by atoms with Crippen molar-refractivity contribution in [2.24, 2.45) is 7.05 Å². The van der Waals surface area contributed by atoms with Crippen molar-refractivity contribution in [3.05, 3.63) is 86.1 Å². The average molecular weight is 583 g/mol. The van der Waals surface area contributed by atoms with Gasteiger partial charge in [0.1, 0.15) is 11.5 Å². The van der Waals surface area contributed by atoms with Gasteiger partial charge in [0, 0.05) is 55.6 Å². The molecule has 0 radical (unpaired) electrons. The molecule has 1 saturated heterocycles. The van der Waals surface area contributed by atoms with Gasteiger partial charge < -0.3 is 25.0 Å². The summed E-state index contributed by atoms with van der Waals surface area (Å²) in [7, 11) is 1.75. The third-order valence-electron chi connectivity index (χ3n) is 8.49. The molecule has 1 fully saturated rings. The lowest BCUT2D eigenvalue weighted by molar-refractivity contribution is 0.103. The Morgan fingerprint density at radius 3 is 2.57 bits per heavy atom. The number of hydrogen-bond donors (Lipinski definition) is 2. The number of carbonyl (C=O) groups is 1. The van der Waals surface area contributed by atoms with Crippen molar-refractivity contribution < 1.29 is 4.79 Å². The highest BCUT2D eigenvalue weighted by atomic mass is 32.1. The van der Waals surface area contributed by atoms with E-state index in [-0.39, 0.29) is 11.5 Å². The number of aromatic nitrogens is 2. The Kier molecular flexibility index (Phi) is 8.13. The number of hydrogen-bond acceptors (Lipinski definition) is 7. The SMILES string of the molecule is CCN1CCN(c2ccc(Nc3cc(-c4cccc(NC(=O)c5cc6c(s5)CCCC6)c4C)cn(C)c3=O)nc2)CC1. The lowest BCUT2D eigenvalue weighted by Gasteiger charge is -2.35. The van der Waals surface area contributed by atoms with Gasteiger partial charge in [-0.25, -0.2) is 4.98 Å². The van der Waals surface area contributed by atoms with E-state index in [1.54, 1.807) is 23.0 Å². The van der Waals surface area contributed by atoms with E-state index in [1.807, 2.05) is 49.6 Å². The number of nitrogens with one attached hydrogen (secondary N) is 2. The Labute approximate surface area is 251 Å². The Bertz CT molecular complexity index is 1630.